The molecule has 2 aliphatic heterocycles. The number of rotatable bonds is 4. The molecular weight excluding hydrogens is 344 g/mol. The van der Waals surface area contributed by atoms with E-state index in [-0.39, 0.29) is 11.4 Å². The zero-order chi connectivity index (χ0) is 17.5. The summed E-state index contributed by atoms with van der Waals surface area (Å²) >= 11 is 0. The Morgan fingerprint density at radius 1 is 1.24 bits per heavy atom. The van der Waals surface area contributed by atoms with Gasteiger partial charge in [-0.3, -0.25) is 9.47 Å². The summed E-state index contributed by atoms with van der Waals surface area (Å²) in [6.45, 7) is 2.59. The van der Waals surface area contributed by atoms with Gasteiger partial charge in [-0.1, -0.05) is 18.2 Å². The van der Waals surface area contributed by atoms with E-state index < -0.39 is 15.4 Å². The molecule has 1 fully saturated rings. The highest BCUT2D eigenvalue weighted by atomic mass is 32.2. The van der Waals surface area contributed by atoms with Gasteiger partial charge in [-0.25, -0.2) is 18.3 Å². The Bertz CT molecular complexity index is 921. The van der Waals surface area contributed by atoms with E-state index in [1.807, 2.05) is 0 Å². The summed E-state index contributed by atoms with van der Waals surface area (Å²) in [5.41, 5.74) is -0.653. The zero-order valence-corrected chi connectivity index (χ0v) is 14.5. The molecule has 0 amide bonds. The molecule has 3 heterocycles. The van der Waals surface area contributed by atoms with Crippen molar-refractivity contribution in [3.8, 4) is 0 Å². The number of sulfone groups is 1. The van der Waals surface area contributed by atoms with Crippen LogP contribution in [-0.2, 0) is 27.7 Å². The second-order valence-corrected chi connectivity index (χ2v) is 8.77. The first-order valence-electron chi connectivity index (χ1n) is 8.26. The largest absolute Gasteiger partial charge is 0.364 e. The van der Waals surface area contributed by atoms with Crippen LogP contribution in [0.2, 0.25) is 0 Å². The van der Waals surface area contributed by atoms with E-state index >= 15 is 0 Å². The monoisotopic (exact) mass is 364 g/mol. The number of fused-ring (bicyclic) bond motifs is 1. The summed E-state index contributed by atoms with van der Waals surface area (Å²) in [6.07, 6.45) is 0.773. The van der Waals surface area contributed by atoms with Crippen molar-refractivity contribution in [1.82, 2.24) is 19.7 Å². The van der Waals surface area contributed by atoms with Gasteiger partial charge in [0.2, 0.25) is 0 Å². The first-order chi connectivity index (χ1) is 12.0. The van der Waals surface area contributed by atoms with Gasteiger partial charge in [0.05, 0.1) is 17.2 Å². The standard InChI is InChI=1S/C16H20N4O4S/c21-15-18-17-14-10-24-16(12-20(14)15)6-7-19(11-16)8-9-25(22,23)13-4-2-1-3-5-13/h1-5H,6-12H2,(H,18,21). The second kappa shape index (κ2) is 6.08. The molecule has 1 saturated heterocycles. The number of aromatic nitrogens is 3. The molecule has 1 aromatic carbocycles. The van der Waals surface area contributed by atoms with Crippen molar-refractivity contribution in [3.63, 3.8) is 0 Å². The molecule has 0 radical (unpaired) electrons. The van der Waals surface area contributed by atoms with Crippen molar-refractivity contribution in [3.05, 3.63) is 46.6 Å². The third-order valence-electron chi connectivity index (χ3n) is 4.97. The van der Waals surface area contributed by atoms with E-state index in [1.165, 1.54) is 0 Å². The van der Waals surface area contributed by atoms with Gasteiger partial charge in [0.25, 0.3) is 0 Å². The molecule has 134 valence electrons. The van der Waals surface area contributed by atoms with E-state index in [0.717, 1.165) is 13.0 Å². The van der Waals surface area contributed by atoms with Crippen LogP contribution >= 0.6 is 0 Å². The summed E-state index contributed by atoms with van der Waals surface area (Å²) in [4.78, 5) is 14.2. The summed E-state index contributed by atoms with van der Waals surface area (Å²) in [7, 11) is -3.29. The van der Waals surface area contributed by atoms with Crippen molar-refractivity contribution in [1.29, 1.82) is 0 Å². The third-order valence-corrected chi connectivity index (χ3v) is 6.68. The number of ether oxygens (including phenoxy) is 1. The lowest BCUT2D eigenvalue weighted by atomic mass is 10.0. The molecule has 4 rings (SSSR count). The molecule has 1 unspecified atom stereocenters. The fourth-order valence-electron chi connectivity index (χ4n) is 3.54. The lowest BCUT2D eigenvalue weighted by Gasteiger charge is -2.33. The van der Waals surface area contributed by atoms with Gasteiger partial charge in [-0.2, -0.15) is 5.10 Å². The molecule has 2 aromatic rings. The van der Waals surface area contributed by atoms with Crippen LogP contribution in [0.25, 0.3) is 0 Å². The maximum Gasteiger partial charge on any atom is 0.343 e. The first kappa shape index (κ1) is 16.5. The number of nitrogens with one attached hydrogen (secondary N) is 1. The fraction of sp³-hybridized carbons (Fsp3) is 0.500. The normalized spacial score (nSPS) is 23.8. The van der Waals surface area contributed by atoms with E-state index in [2.05, 4.69) is 15.1 Å². The number of hydrogen-bond donors (Lipinski definition) is 1. The summed E-state index contributed by atoms with van der Waals surface area (Å²) in [5.74, 6) is 0.685. The van der Waals surface area contributed by atoms with Crippen molar-refractivity contribution in [2.45, 2.75) is 30.1 Å². The highest BCUT2D eigenvalue weighted by Crippen LogP contribution is 2.31. The topological polar surface area (TPSA) is 97.3 Å². The molecular formula is C16H20N4O4S. The number of benzene rings is 1. The van der Waals surface area contributed by atoms with Crippen LogP contribution in [0.3, 0.4) is 0 Å². The summed E-state index contributed by atoms with van der Waals surface area (Å²) in [5, 5.41) is 6.38. The highest BCUT2D eigenvalue weighted by Gasteiger charge is 2.43. The minimum atomic E-state index is -3.29. The van der Waals surface area contributed by atoms with Crippen molar-refractivity contribution in [2.75, 3.05) is 25.4 Å². The number of nitrogens with zero attached hydrogens (tertiary/aromatic N) is 3. The number of likely N-dealkylation sites (tertiary alicyclic amines) is 1. The number of H-pyrrole nitrogens is 1. The molecule has 0 aliphatic carbocycles. The van der Waals surface area contributed by atoms with Gasteiger partial charge >= 0.3 is 5.69 Å². The van der Waals surface area contributed by atoms with Crippen molar-refractivity contribution < 1.29 is 13.2 Å². The Balaban J connectivity index is 1.41. The molecule has 1 spiro atoms. The summed E-state index contributed by atoms with van der Waals surface area (Å²) in [6, 6.07) is 8.51. The van der Waals surface area contributed by atoms with Crippen LogP contribution in [0.5, 0.6) is 0 Å². The third kappa shape index (κ3) is 3.14. The van der Waals surface area contributed by atoms with E-state index in [1.54, 1.807) is 34.9 Å². The predicted octanol–water partition coefficient (Wildman–Crippen LogP) is 0.0200. The minimum Gasteiger partial charge on any atom is -0.364 e. The smallest absolute Gasteiger partial charge is 0.343 e. The quantitative estimate of drug-likeness (QED) is 0.821. The fourth-order valence-corrected chi connectivity index (χ4v) is 4.84. The maximum absolute atomic E-state index is 12.4. The zero-order valence-electron chi connectivity index (χ0n) is 13.7. The van der Waals surface area contributed by atoms with Crippen LogP contribution < -0.4 is 5.69 Å². The van der Waals surface area contributed by atoms with Gasteiger partial charge in [0.1, 0.15) is 12.2 Å². The van der Waals surface area contributed by atoms with Crippen molar-refractivity contribution >= 4 is 9.84 Å². The van der Waals surface area contributed by atoms with E-state index in [9.17, 15) is 13.2 Å². The maximum atomic E-state index is 12.4. The average Bonchev–Trinajstić information content (AvgIpc) is 3.19. The molecule has 2 aliphatic rings. The van der Waals surface area contributed by atoms with Gasteiger partial charge in [-0.15, -0.1) is 0 Å². The van der Waals surface area contributed by atoms with Crippen LogP contribution in [0.1, 0.15) is 12.2 Å². The lowest BCUT2D eigenvalue weighted by Crippen LogP contribution is -2.46. The van der Waals surface area contributed by atoms with Gasteiger partial charge in [0, 0.05) is 19.6 Å². The van der Waals surface area contributed by atoms with Gasteiger partial charge in [-0.05, 0) is 18.6 Å². The first-order valence-corrected chi connectivity index (χ1v) is 9.91. The molecule has 0 bridgehead atoms. The van der Waals surface area contributed by atoms with Crippen LogP contribution in [0, 0.1) is 0 Å². The number of hydrogen-bond acceptors (Lipinski definition) is 6. The molecule has 1 aromatic heterocycles. The van der Waals surface area contributed by atoms with E-state index in [0.29, 0.717) is 37.0 Å². The predicted molar refractivity (Wildman–Crippen MR) is 89.9 cm³/mol. The molecule has 1 N–H and O–H groups in total. The molecule has 0 saturated carbocycles. The molecule has 1 atom stereocenters. The average molecular weight is 364 g/mol. The van der Waals surface area contributed by atoms with Gasteiger partial charge in [0.15, 0.2) is 15.7 Å². The van der Waals surface area contributed by atoms with Crippen LogP contribution in [0.15, 0.2) is 40.0 Å². The Labute approximate surface area is 145 Å². The van der Waals surface area contributed by atoms with E-state index in [4.69, 9.17) is 4.74 Å². The minimum absolute atomic E-state index is 0.0734. The van der Waals surface area contributed by atoms with Crippen LogP contribution in [0.4, 0.5) is 0 Å². The SMILES string of the molecule is O=c1[nH]nc2n1CC1(CCN(CCS(=O)(=O)c3ccccc3)C1)OC2. The van der Waals surface area contributed by atoms with Crippen molar-refractivity contribution in [2.24, 2.45) is 0 Å². The van der Waals surface area contributed by atoms with Crippen LogP contribution in [-0.4, -0.2) is 59.1 Å². The van der Waals surface area contributed by atoms with Gasteiger partial charge < -0.3 is 4.74 Å². The Morgan fingerprint density at radius 3 is 2.84 bits per heavy atom. The number of aromatic amines is 1. The Morgan fingerprint density at radius 2 is 2.04 bits per heavy atom. The second-order valence-electron chi connectivity index (χ2n) is 6.66. The molecule has 25 heavy (non-hydrogen) atoms. The highest BCUT2D eigenvalue weighted by molar-refractivity contribution is 7.91. The Hall–Kier alpha value is -1.97. The Kier molecular flexibility index (Phi) is 4.01. The molecule has 9 heteroatoms. The molecule has 8 nitrogen and oxygen atoms in total. The lowest BCUT2D eigenvalue weighted by molar-refractivity contribution is -0.0827. The summed E-state index contributed by atoms with van der Waals surface area (Å²) < 4.78 is 32.4.